The maximum Gasteiger partial charge on any atom is 0.161 e. The Morgan fingerprint density at radius 1 is 0.958 bits per heavy atom. The van der Waals surface area contributed by atoms with Crippen LogP contribution in [0.15, 0.2) is 72.9 Å². The van der Waals surface area contributed by atoms with Gasteiger partial charge in [0.25, 0.3) is 0 Å². The van der Waals surface area contributed by atoms with Crippen LogP contribution in [-0.2, 0) is 6.61 Å². The number of hydrogen-bond acceptors (Lipinski definition) is 4. The molecule has 0 radical (unpaired) electrons. The van der Waals surface area contributed by atoms with Crippen molar-refractivity contribution in [3.8, 4) is 11.5 Å². The summed E-state index contributed by atoms with van der Waals surface area (Å²) in [5.41, 5.74) is 2.38. The molecule has 1 N–H and O–H groups in total. The van der Waals surface area contributed by atoms with Gasteiger partial charge in [-0.05, 0) is 35.4 Å². The molecular weight excluding hydrogens is 302 g/mol. The largest absolute Gasteiger partial charge is 0.493 e. The Hall–Kier alpha value is -2.85. The fourth-order valence-corrected chi connectivity index (χ4v) is 2.42. The number of aliphatic hydroxyl groups excluding tert-OH is 1. The molecule has 0 aliphatic carbocycles. The van der Waals surface area contributed by atoms with E-state index in [1.165, 1.54) is 0 Å². The van der Waals surface area contributed by atoms with Gasteiger partial charge in [-0.15, -0.1) is 0 Å². The van der Waals surface area contributed by atoms with Crippen LogP contribution < -0.4 is 9.47 Å². The molecule has 24 heavy (non-hydrogen) atoms. The maximum absolute atomic E-state index is 10.5. The Kier molecular flexibility index (Phi) is 5.08. The van der Waals surface area contributed by atoms with Crippen LogP contribution in [0.4, 0.5) is 0 Å². The average Bonchev–Trinajstić information content (AvgIpc) is 2.67. The van der Waals surface area contributed by atoms with Crippen molar-refractivity contribution < 1.29 is 14.6 Å². The van der Waals surface area contributed by atoms with Gasteiger partial charge >= 0.3 is 0 Å². The Bertz CT molecular complexity index is 775. The molecular formula is C20H19NO3. The van der Waals surface area contributed by atoms with E-state index in [2.05, 4.69) is 4.98 Å². The van der Waals surface area contributed by atoms with Gasteiger partial charge in [0.1, 0.15) is 12.7 Å². The number of aliphatic hydroxyl groups is 1. The minimum absolute atomic E-state index is 0.458. The van der Waals surface area contributed by atoms with Crippen molar-refractivity contribution in [2.24, 2.45) is 0 Å². The predicted octanol–water partition coefficient (Wildman–Crippen LogP) is 3.75. The monoisotopic (exact) mass is 321 g/mol. The van der Waals surface area contributed by atoms with Gasteiger partial charge in [0.05, 0.1) is 12.8 Å². The van der Waals surface area contributed by atoms with Gasteiger partial charge in [0, 0.05) is 6.20 Å². The van der Waals surface area contributed by atoms with Gasteiger partial charge in [0.15, 0.2) is 11.5 Å². The highest BCUT2D eigenvalue weighted by Gasteiger charge is 2.14. The molecule has 1 heterocycles. The van der Waals surface area contributed by atoms with E-state index in [4.69, 9.17) is 9.47 Å². The molecule has 122 valence electrons. The van der Waals surface area contributed by atoms with Gasteiger partial charge < -0.3 is 14.6 Å². The Labute approximate surface area is 141 Å². The first-order chi connectivity index (χ1) is 11.8. The fraction of sp³-hybridized carbons (Fsp3) is 0.150. The normalized spacial score (nSPS) is 11.8. The molecule has 3 aromatic rings. The van der Waals surface area contributed by atoms with Gasteiger partial charge in [-0.1, -0.05) is 42.5 Å². The van der Waals surface area contributed by atoms with Gasteiger partial charge in [-0.3, -0.25) is 4.98 Å². The van der Waals surface area contributed by atoms with E-state index in [9.17, 15) is 5.11 Å². The van der Waals surface area contributed by atoms with Crippen molar-refractivity contribution in [2.75, 3.05) is 7.11 Å². The highest BCUT2D eigenvalue weighted by molar-refractivity contribution is 5.45. The second-order valence-corrected chi connectivity index (χ2v) is 5.34. The number of benzene rings is 2. The molecule has 1 unspecified atom stereocenters. The minimum atomic E-state index is -0.803. The molecule has 4 nitrogen and oxygen atoms in total. The minimum Gasteiger partial charge on any atom is -0.493 e. The Morgan fingerprint density at radius 2 is 1.75 bits per heavy atom. The number of rotatable bonds is 6. The molecule has 0 amide bonds. The van der Waals surface area contributed by atoms with E-state index < -0.39 is 6.10 Å². The zero-order valence-corrected chi connectivity index (χ0v) is 13.4. The molecule has 0 aliphatic rings. The number of aromatic nitrogens is 1. The molecule has 0 fully saturated rings. The molecule has 1 aromatic heterocycles. The van der Waals surface area contributed by atoms with Crippen LogP contribution in [0.3, 0.4) is 0 Å². The van der Waals surface area contributed by atoms with Crippen molar-refractivity contribution >= 4 is 0 Å². The fourth-order valence-electron chi connectivity index (χ4n) is 2.42. The van der Waals surface area contributed by atoms with E-state index in [0.717, 1.165) is 5.56 Å². The molecule has 0 saturated carbocycles. The van der Waals surface area contributed by atoms with Crippen LogP contribution in [0.25, 0.3) is 0 Å². The SMILES string of the molecule is COc1cc(C(O)c2ccccn2)ccc1OCc1ccccc1. The lowest BCUT2D eigenvalue weighted by Crippen LogP contribution is -2.03. The lowest BCUT2D eigenvalue weighted by molar-refractivity contribution is 0.214. The third-order valence-electron chi connectivity index (χ3n) is 3.71. The summed E-state index contributed by atoms with van der Waals surface area (Å²) in [6.07, 6.45) is 0.857. The topological polar surface area (TPSA) is 51.6 Å². The second-order valence-electron chi connectivity index (χ2n) is 5.34. The first-order valence-corrected chi connectivity index (χ1v) is 7.71. The molecule has 3 rings (SSSR count). The van der Waals surface area contributed by atoms with E-state index >= 15 is 0 Å². The lowest BCUT2D eigenvalue weighted by atomic mass is 10.1. The van der Waals surface area contributed by atoms with Crippen LogP contribution in [0.5, 0.6) is 11.5 Å². The number of methoxy groups -OCH3 is 1. The van der Waals surface area contributed by atoms with Crippen LogP contribution in [0.2, 0.25) is 0 Å². The molecule has 0 spiro atoms. The van der Waals surface area contributed by atoms with E-state index in [1.807, 2.05) is 54.6 Å². The second kappa shape index (κ2) is 7.62. The van der Waals surface area contributed by atoms with E-state index in [1.54, 1.807) is 25.4 Å². The summed E-state index contributed by atoms with van der Waals surface area (Å²) < 4.78 is 11.2. The van der Waals surface area contributed by atoms with Crippen molar-refractivity contribution in [1.82, 2.24) is 4.98 Å². The Balaban J connectivity index is 1.78. The summed E-state index contributed by atoms with van der Waals surface area (Å²) in [5, 5.41) is 10.5. The molecule has 1 atom stereocenters. The summed E-state index contributed by atoms with van der Waals surface area (Å²) in [5.74, 6) is 1.22. The van der Waals surface area contributed by atoms with Crippen LogP contribution >= 0.6 is 0 Å². The van der Waals surface area contributed by atoms with Gasteiger partial charge in [-0.25, -0.2) is 0 Å². The van der Waals surface area contributed by atoms with Crippen molar-refractivity contribution in [2.45, 2.75) is 12.7 Å². The molecule has 0 aliphatic heterocycles. The van der Waals surface area contributed by atoms with Crippen LogP contribution in [-0.4, -0.2) is 17.2 Å². The number of ether oxygens (including phenoxy) is 2. The highest BCUT2D eigenvalue weighted by Crippen LogP contribution is 2.32. The molecule has 0 saturated heterocycles. The zero-order chi connectivity index (χ0) is 16.8. The maximum atomic E-state index is 10.5. The van der Waals surface area contributed by atoms with Crippen molar-refractivity contribution in [3.05, 3.63) is 89.7 Å². The predicted molar refractivity (Wildman–Crippen MR) is 92.1 cm³/mol. The number of nitrogens with zero attached hydrogens (tertiary/aromatic N) is 1. The van der Waals surface area contributed by atoms with Crippen LogP contribution in [0.1, 0.15) is 22.9 Å². The summed E-state index contributed by atoms with van der Waals surface area (Å²) in [7, 11) is 1.58. The standard InChI is InChI=1S/C20H19NO3/c1-23-19-13-16(20(22)17-9-5-6-12-21-17)10-11-18(19)24-14-15-7-3-2-4-8-15/h2-13,20,22H,14H2,1H3. The molecule has 4 heteroatoms. The van der Waals surface area contributed by atoms with Crippen molar-refractivity contribution in [3.63, 3.8) is 0 Å². The summed E-state index contributed by atoms with van der Waals surface area (Å²) in [4.78, 5) is 4.19. The van der Waals surface area contributed by atoms with E-state index in [0.29, 0.717) is 29.4 Å². The van der Waals surface area contributed by atoms with E-state index in [-0.39, 0.29) is 0 Å². The summed E-state index contributed by atoms with van der Waals surface area (Å²) in [6, 6.07) is 20.8. The first kappa shape index (κ1) is 16.0. The average molecular weight is 321 g/mol. The smallest absolute Gasteiger partial charge is 0.161 e. The Morgan fingerprint density at radius 3 is 2.46 bits per heavy atom. The third kappa shape index (κ3) is 3.73. The highest BCUT2D eigenvalue weighted by atomic mass is 16.5. The molecule has 2 aromatic carbocycles. The van der Waals surface area contributed by atoms with Gasteiger partial charge in [-0.2, -0.15) is 0 Å². The quantitative estimate of drug-likeness (QED) is 0.751. The summed E-state index contributed by atoms with van der Waals surface area (Å²) >= 11 is 0. The number of pyridine rings is 1. The third-order valence-corrected chi connectivity index (χ3v) is 3.71. The first-order valence-electron chi connectivity index (χ1n) is 7.71. The van der Waals surface area contributed by atoms with Gasteiger partial charge in [0.2, 0.25) is 0 Å². The lowest BCUT2D eigenvalue weighted by Gasteiger charge is -2.15. The molecule has 0 bridgehead atoms. The van der Waals surface area contributed by atoms with Crippen molar-refractivity contribution in [1.29, 1.82) is 0 Å². The zero-order valence-electron chi connectivity index (χ0n) is 13.4. The number of hydrogen-bond donors (Lipinski definition) is 1. The summed E-state index contributed by atoms with van der Waals surface area (Å²) in [6.45, 7) is 0.458. The van der Waals surface area contributed by atoms with Crippen LogP contribution in [0, 0.1) is 0 Å².